The maximum absolute atomic E-state index is 12.6. The van der Waals surface area contributed by atoms with Crippen molar-refractivity contribution in [3.63, 3.8) is 0 Å². The molecular weight excluding hydrogens is 284 g/mol. The molecule has 1 saturated carbocycles. The van der Waals surface area contributed by atoms with Crippen molar-refractivity contribution in [1.82, 2.24) is 0 Å². The van der Waals surface area contributed by atoms with E-state index in [0.717, 1.165) is 0 Å². The van der Waals surface area contributed by atoms with Crippen LogP contribution < -0.4 is 0 Å². The highest BCUT2D eigenvalue weighted by atomic mass is 16.6. The molecule has 1 heterocycles. The maximum Gasteiger partial charge on any atom is 0.334 e. The number of rotatable bonds is 1. The van der Waals surface area contributed by atoms with E-state index in [0.29, 0.717) is 12.0 Å². The van der Waals surface area contributed by atoms with Gasteiger partial charge in [0.25, 0.3) is 0 Å². The summed E-state index contributed by atoms with van der Waals surface area (Å²) >= 11 is 0. The van der Waals surface area contributed by atoms with Crippen LogP contribution in [-0.4, -0.2) is 29.9 Å². The van der Waals surface area contributed by atoms with Gasteiger partial charge in [0.15, 0.2) is 5.78 Å². The van der Waals surface area contributed by atoms with Gasteiger partial charge in [-0.05, 0) is 31.3 Å². The number of hydrogen-bond acceptors (Lipinski definition) is 5. The van der Waals surface area contributed by atoms with E-state index in [9.17, 15) is 14.4 Å². The second-order valence-electron chi connectivity index (χ2n) is 6.77. The van der Waals surface area contributed by atoms with Crippen LogP contribution in [0.3, 0.4) is 0 Å². The molecule has 6 atom stereocenters. The average molecular weight is 304 g/mol. The van der Waals surface area contributed by atoms with E-state index in [4.69, 9.17) is 9.47 Å². The predicted octanol–water partition coefficient (Wildman–Crippen LogP) is 1.82. The Hall–Kier alpha value is -1.91. The maximum atomic E-state index is 12.6. The van der Waals surface area contributed by atoms with Gasteiger partial charge in [0.2, 0.25) is 0 Å². The van der Waals surface area contributed by atoms with Crippen molar-refractivity contribution in [1.29, 1.82) is 0 Å². The number of carbonyl (C=O) groups is 3. The predicted molar refractivity (Wildman–Crippen MR) is 77.6 cm³/mol. The van der Waals surface area contributed by atoms with Crippen LogP contribution in [-0.2, 0) is 23.9 Å². The molecule has 0 bridgehead atoms. The molecule has 22 heavy (non-hydrogen) atoms. The first kappa shape index (κ1) is 15.0. The quantitative estimate of drug-likeness (QED) is 0.546. The third kappa shape index (κ3) is 1.87. The summed E-state index contributed by atoms with van der Waals surface area (Å²) in [5.41, 5.74) is -0.577. The molecule has 0 spiro atoms. The third-order valence-corrected chi connectivity index (χ3v) is 5.43. The van der Waals surface area contributed by atoms with Gasteiger partial charge < -0.3 is 9.47 Å². The van der Waals surface area contributed by atoms with Gasteiger partial charge in [-0.3, -0.25) is 9.59 Å². The van der Waals surface area contributed by atoms with Crippen LogP contribution in [0.5, 0.6) is 0 Å². The largest absolute Gasteiger partial charge is 0.461 e. The van der Waals surface area contributed by atoms with Crippen molar-refractivity contribution in [3.8, 4) is 0 Å². The fourth-order valence-electron chi connectivity index (χ4n) is 4.33. The van der Waals surface area contributed by atoms with Gasteiger partial charge in [0, 0.05) is 12.5 Å². The molecule has 5 heteroatoms. The molecule has 1 aliphatic heterocycles. The monoisotopic (exact) mass is 304 g/mol. The van der Waals surface area contributed by atoms with E-state index in [-0.39, 0.29) is 23.7 Å². The summed E-state index contributed by atoms with van der Waals surface area (Å²) in [5.74, 6) is -1.35. The summed E-state index contributed by atoms with van der Waals surface area (Å²) in [7, 11) is 0. The van der Waals surface area contributed by atoms with E-state index >= 15 is 0 Å². The Balaban J connectivity index is 2.12. The summed E-state index contributed by atoms with van der Waals surface area (Å²) < 4.78 is 11.0. The highest BCUT2D eigenvalue weighted by Gasteiger charge is 2.61. The number of ether oxygens (including phenoxy) is 2. The topological polar surface area (TPSA) is 69.7 Å². The van der Waals surface area contributed by atoms with Gasteiger partial charge in [0.05, 0.1) is 11.3 Å². The average Bonchev–Trinajstić information content (AvgIpc) is 2.84. The molecule has 118 valence electrons. The van der Waals surface area contributed by atoms with E-state index in [1.807, 2.05) is 19.9 Å². The van der Waals surface area contributed by atoms with Gasteiger partial charge in [-0.2, -0.15) is 0 Å². The molecule has 2 fully saturated rings. The van der Waals surface area contributed by atoms with Crippen LogP contribution >= 0.6 is 0 Å². The Morgan fingerprint density at radius 1 is 1.45 bits per heavy atom. The summed E-state index contributed by atoms with van der Waals surface area (Å²) in [6, 6.07) is 0. The van der Waals surface area contributed by atoms with Crippen molar-refractivity contribution in [2.24, 2.45) is 23.2 Å². The van der Waals surface area contributed by atoms with Crippen molar-refractivity contribution in [2.45, 2.75) is 39.4 Å². The number of fused-ring (bicyclic) bond motifs is 2. The number of hydrogen-bond donors (Lipinski definition) is 0. The Morgan fingerprint density at radius 3 is 2.77 bits per heavy atom. The fraction of sp³-hybridized carbons (Fsp3) is 0.588. The SMILES string of the molecule is C=C1C(=O)O[C@@H]2C[C@H](C)[C@@H]3C=CC(=O)[C@@]3(C)[C@H](OC(C)=O)[C@H]12. The molecule has 0 aromatic heterocycles. The number of esters is 2. The second kappa shape index (κ2) is 4.80. The van der Waals surface area contributed by atoms with E-state index in [1.165, 1.54) is 6.92 Å². The summed E-state index contributed by atoms with van der Waals surface area (Å²) in [4.78, 5) is 36.1. The molecule has 0 radical (unpaired) electrons. The zero-order valence-corrected chi connectivity index (χ0v) is 13.0. The summed E-state index contributed by atoms with van der Waals surface area (Å²) in [6.07, 6.45) is 2.98. The van der Waals surface area contributed by atoms with Crippen LogP contribution in [0.2, 0.25) is 0 Å². The van der Waals surface area contributed by atoms with Gasteiger partial charge in [-0.15, -0.1) is 0 Å². The third-order valence-electron chi connectivity index (χ3n) is 5.43. The molecule has 0 N–H and O–H groups in total. The van der Waals surface area contributed by atoms with E-state index in [2.05, 4.69) is 6.58 Å². The standard InChI is InChI=1S/C17H20O5/c1-8-7-12-14(9(2)16(20)22-12)15(21-10(3)18)17(4)11(8)5-6-13(17)19/h5-6,8,11-12,14-15H,2,7H2,1,3-4H3/t8-,11-,12+,14+,15+,17-/m0/s1. The molecule has 3 aliphatic rings. The van der Waals surface area contributed by atoms with Gasteiger partial charge in [-0.1, -0.05) is 19.6 Å². The number of allylic oxidation sites excluding steroid dienone is 2. The highest BCUT2D eigenvalue weighted by molar-refractivity contribution is 5.99. The van der Waals surface area contributed by atoms with Gasteiger partial charge >= 0.3 is 11.9 Å². The van der Waals surface area contributed by atoms with Crippen LogP contribution in [0.15, 0.2) is 24.3 Å². The Labute approximate surface area is 129 Å². The highest BCUT2D eigenvalue weighted by Crippen LogP contribution is 2.54. The van der Waals surface area contributed by atoms with Crippen LogP contribution in [0.1, 0.15) is 27.2 Å². The first-order valence-electron chi connectivity index (χ1n) is 7.56. The zero-order valence-electron chi connectivity index (χ0n) is 13.0. The normalized spacial score (nSPS) is 43.4. The zero-order chi connectivity index (χ0) is 16.2. The number of carbonyl (C=O) groups excluding carboxylic acids is 3. The first-order valence-corrected chi connectivity index (χ1v) is 7.56. The lowest BCUT2D eigenvalue weighted by molar-refractivity contribution is -0.162. The Kier molecular flexibility index (Phi) is 3.27. The molecule has 0 aromatic carbocycles. The molecule has 0 amide bonds. The van der Waals surface area contributed by atoms with Crippen molar-refractivity contribution in [3.05, 3.63) is 24.3 Å². The van der Waals surface area contributed by atoms with Crippen LogP contribution in [0, 0.1) is 23.2 Å². The van der Waals surface area contributed by atoms with Crippen LogP contribution in [0.4, 0.5) is 0 Å². The van der Waals surface area contributed by atoms with E-state index in [1.54, 1.807) is 6.08 Å². The minimum atomic E-state index is -0.874. The van der Waals surface area contributed by atoms with E-state index < -0.39 is 29.4 Å². The van der Waals surface area contributed by atoms with Crippen LogP contribution in [0.25, 0.3) is 0 Å². The molecule has 1 saturated heterocycles. The first-order chi connectivity index (χ1) is 10.3. The minimum absolute atomic E-state index is 0.0403. The lowest BCUT2D eigenvalue weighted by atomic mass is 9.67. The lowest BCUT2D eigenvalue weighted by Gasteiger charge is -2.39. The Morgan fingerprint density at radius 2 is 2.14 bits per heavy atom. The van der Waals surface area contributed by atoms with Crippen molar-refractivity contribution in [2.75, 3.05) is 0 Å². The molecule has 5 nitrogen and oxygen atoms in total. The minimum Gasteiger partial charge on any atom is -0.461 e. The molecule has 2 aliphatic carbocycles. The molecule has 0 unspecified atom stereocenters. The molecular formula is C17H20O5. The summed E-state index contributed by atoms with van der Waals surface area (Å²) in [6.45, 7) is 8.99. The Bertz CT molecular complexity index is 604. The second-order valence-corrected chi connectivity index (χ2v) is 6.77. The van der Waals surface area contributed by atoms with Gasteiger partial charge in [-0.25, -0.2) is 4.79 Å². The van der Waals surface area contributed by atoms with Gasteiger partial charge in [0.1, 0.15) is 12.2 Å². The lowest BCUT2D eigenvalue weighted by Crippen LogP contribution is -2.49. The molecule has 3 rings (SSSR count). The van der Waals surface area contributed by atoms with Crippen molar-refractivity contribution >= 4 is 17.7 Å². The smallest absolute Gasteiger partial charge is 0.334 e. The number of ketones is 1. The molecule has 0 aromatic rings. The fourth-order valence-corrected chi connectivity index (χ4v) is 4.33. The summed E-state index contributed by atoms with van der Waals surface area (Å²) in [5, 5.41) is 0. The van der Waals surface area contributed by atoms with Crippen molar-refractivity contribution < 1.29 is 23.9 Å².